The van der Waals surface area contributed by atoms with Crippen molar-refractivity contribution in [3.05, 3.63) is 11.5 Å². The summed E-state index contributed by atoms with van der Waals surface area (Å²) in [5, 5.41) is 19.1. The first-order valence-corrected chi connectivity index (χ1v) is 3.85. The summed E-state index contributed by atoms with van der Waals surface area (Å²) in [4.78, 5) is 0. The van der Waals surface area contributed by atoms with Crippen LogP contribution in [0.25, 0.3) is 0 Å². The van der Waals surface area contributed by atoms with E-state index in [9.17, 15) is 0 Å². The van der Waals surface area contributed by atoms with Gasteiger partial charge < -0.3 is 10.0 Å². The second-order valence-corrected chi connectivity index (χ2v) is 3.39. The summed E-state index contributed by atoms with van der Waals surface area (Å²) in [7, 11) is -1.22. The zero-order valence-electron chi connectivity index (χ0n) is 5.24. The van der Waals surface area contributed by atoms with Gasteiger partial charge in [-0.1, -0.05) is 13.0 Å². The first-order chi connectivity index (χ1) is 4.15. The molecule has 1 aliphatic heterocycles. The summed E-state index contributed by atoms with van der Waals surface area (Å²) in [6.45, 7) is 1.83. The summed E-state index contributed by atoms with van der Waals surface area (Å²) in [5.41, 5.74) is 0. The van der Waals surface area contributed by atoms with Crippen LogP contribution in [-0.2, 0) is 0 Å². The third-order valence-corrected chi connectivity index (χ3v) is 2.65. The molecule has 1 rings (SSSR count). The number of hydrogen-bond donors (Lipinski definition) is 2. The highest BCUT2D eigenvalue weighted by Crippen LogP contribution is 2.39. The van der Waals surface area contributed by atoms with Crippen molar-refractivity contribution in [1.29, 1.82) is 0 Å². The minimum atomic E-state index is -1.22. The highest BCUT2D eigenvalue weighted by molar-refractivity contribution is 8.02. The van der Waals surface area contributed by atoms with Crippen molar-refractivity contribution in [2.24, 2.45) is 0 Å². The molecule has 0 aromatic carbocycles. The van der Waals surface area contributed by atoms with Gasteiger partial charge >= 0.3 is 7.12 Å². The third-order valence-electron chi connectivity index (χ3n) is 1.53. The average molecular weight is 144 g/mol. The highest BCUT2D eigenvalue weighted by Gasteiger charge is 2.36. The second-order valence-electron chi connectivity index (χ2n) is 2.49. The molecule has 2 nitrogen and oxygen atoms in total. The Bertz CT molecular complexity index is 137. The minimum absolute atomic E-state index is 0.412. The van der Waals surface area contributed by atoms with Gasteiger partial charge in [0, 0.05) is 11.1 Å². The van der Waals surface area contributed by atoms with E-state index in [0.29, 0.717) is 0 Å². The standard InChI is InChI=1S/C5H9BO2S/c1-5(6(7)8)2-3-9-4-5/h2-3,7-8H,4H2,1H3. The van der Waals surface area contributed by atoms with Crippen molar-refractivity contribution < 1.29 is 10.0 Å². The number of thioether (sulfide) groups is 1. The molecule has 2 N–H and O–H groups in total. The van der Waals surface area contributed by atoms with E-state index in [2.05, 4.69) is 0 Å². The molecule has 0 spiro atoms. The van der Waals surface area contributed by atoms with Crippen LogP contribution in [0.3, 0.4) is 0 Å². The first kappa shape index (κ1) is 7.19. The monoisotopic (exact) mass is 144 g/mol. The molecule has 4 heteroatoms. The van der Waals surface area contributed by atoms with Crippen LogP contribution in [0, 0.1) is 0 Å². The van der Waals surface area contributed by atoms with Crippen LogP contribution in [0.15, 0.2) is 11.5 Å². The van der Waals surface area contributed by atoms with Crippen molar-refractivity contribution >= 4 is 18.9 Å². The second kappa shape index (κ2) is 2.36. The maximum atomic E-state index is 8.80. The molecule has 0 aromatic heterocycles. The van der Waals surface area contributed by atoms with Gasteiger partial charge in [-0.05, 0) is 5.41 Å². The Morgan fingerprint density at radius 3 is 2.56 bits per heavy atom. The molecule has 1 aliphatic rings. The van der Waals surface area contributed by atoms with E-state index in [1.165, 1.54) is 0 Å². The van der Waals surface area contributed by atoms with Crippen molar-refractivity contribution in [2.75, 3.05) is 5.75 Å². The maximum absolute atomic E-state index is 8.80. The zero-order chi connectivity index (χ0) is 6.91. The minimum Gasteiger partial charge on any atom is -0.426 e. The Balaban J connectivity index is 2.62. The van der Waals surface area contributed by atoms with Crippen LogP contribution in [0.1, 0.15) is 6.92 Å². The van der Waals surface area contributed by atoms with Crippen LogP contribution in [0.4, 0.5) is 0 Å². The fraction of sp³-hybridized carbons (Fsp3) is 0.600. The van der Waals surface area contributed by atoms with Crippen molar-refractivity contribution in [2.45, 2.75) is 12.2 Å². The van der Waals surface area contributed by atoms with E-state index < -0.39 is 12.4 Å². The van der Waals surface area contributed by atoms with Gasteiger partial charge in [0.25, 0.3) is 0 Å². The summed E-state index contributed by atoms with van der Waals surface area (Å²) in [6.07, 6.45) is 1.84. The topological polar surface area (TPSA) is 40.5 Å². The van der Waals surface area contributed by atoms with Gasteiger partial charge in [0.1, 0.15) is 0 Å². The molecular weight excluding hydrogens is 135 g/mol. The molecule has 50 valence electrons. The molecule has 0 aliphatic carbocycles. The largest absolute Gasteiger partial charge is 0.462 e. The van der Waals surface area contributed by atoms with Gasteiger partial charge in [0.15, 0.2) is 0 Å². The van der Waals surface area contributed by atoms with E-state index in [0.717, 1.165) is 5.75 Å². The number of rotatable bonds is 1. The van der Waals surface area contributed by atoms with Crippen molar-refractivity contribution in [3.63, 3.8) is 0 Å². The number of allylic oxidation sites excluding steroid dienone is 1. The summed E-state index contributed by atoms with van der Waals surface area (Å²) >= 11 is 1.61. The molecule has 0 radical (unpaired) electrons. The van der Waals surface area contributed by atoms with Gasteiger partial charge in [-0.15, -0.1) is 11.8 Å². The zero-order valence-corrected chi connectivity index (χ0v) is 6.06. The molecule has 0 aromatic rings. The van der Waals surface area contributed by atoms with Crippen molar-refractivity contribution in [1.82, 2.24) is 0 Å². The molecule has 1 unspecified atom stereocenters. The van der Waals surface area contributed by atoms with Gasteiger partial charge in [0.2, 0.25) is 0 Å². The summed E-state index contributed by atoms with van der Waals surface area (Å²) in [6, 6.07) is 0. The summed E-state index contributed by atoms with van der Waals surface area (Å²) < 4.78 is 0. The number of hydrogen-bond acceptors (Lipinski definition) is 3. The predicted molar refractivity (Wildman–Crippen MR) is 40.2 cm³/mol. The van der Waals surface area contributed by atoms with E-state index in [-0.39, 0.29) is 0 Å². The SMILES string of the molecule is CC1(B(O)O)C=CSC1. The van der Waals surface area contributed by atoms with E-state index in [1.807, 2.05) is 18.4 Å². The normalized spacial score (nSPS) is 33.2. The van der Waals surface area contributed by atoms with Crippen LogP contribution in [0.2, 0.25) is 5.31 Å². The smallest absolute Gasteiger partial charge is 0.426 e. The van der Waals surface area contributed by atoms with E-state index in [1.54, 1.807) is 11.8 Å². The quantitative estimate of drug-likeness (QED) is 0.526. The molecule has 9 heavy (non-hydrogen) atoms. The lowest BCUT2D eigenvalue weighted by atomic mass is 9.61. The van der Waals surface area contributed by atoms with Crippen LogP contribution >= 0.6 is 11.8 Å². The Kier molecular flexibility index (Phi) is 1.89. The van der Waals surface area contributed by atoms with Crippen LogP contribution < -0.4 is 0 Å². The average Bonchev–Trinajstić information content (AvgIpc) is 2.16. The van der Waals surface area contributed by atoms with Gasteiger partial charge in [-0.3, -0.25) is 0 Å². The lowest BCUT2D eigenvalue weighted by molar-refractivity contribution is 0.375. The fourth-order valence-electron chi connectivity index (χ4n) is 0.640. The fourth-order valence-corrected chi connectivity index (χ4v) is 1.75. The Morgan fingerprint density at radius 2 is 2.33 bits per heavy atom. The maximum Gasteiger partial charge on any atom is 0.462 e. The molecule has 0 bridgehead atoms. The highest BCUT2D eigenvalue weighted by atomic mass is 32.2. The Morgan fingerprint density at radius 1 is 1.67 bits per heavy atom. The molecule has 0 saturated carbocycles. The Hall–Kier alpha value is 0.0749. The van der Waals surface area contributed by atoms with Crippen LogP contribution in [-0.4, -0.2) is 22.9 Å². The molecular formula is C5H9BO2S. The van der Waals surface area contributed by atoms with Crippen LogP contribution in [0.5, 0.6) is 0 Å². The van der Waals surface area contributed by atoms with Gasteiger partial charge in [-0.25, -0.2) is 0 Å². The lowest BCUT2D eigenvalue weighted by Crippen LogP contribution is -2.29. The van der Waals surface area contributed by atoms with Gasteiger partial charge in [-0.2, -0.15) is 0 Å². The van der Waals surface area contributed by atoms with Crippen molar-refractivity contribution in [3.8, 4) is 0 Å². The lowest BCUT2D eigenvalue weighted by Gasteiger charge is -2.18. The molecule has 0 amide bonds. The predicted octanol–water partition coefficient (Wildman–Crippen LogP) is 0.480. The van der Waals surface area contributed by atoms with Gasteiger partial charge in [0.05, 0.1) is 0 Å². The molecule has 1 heterocycles. The summed E-state index contributed by atoms with van der Waals surface area (Å²) in [5.74, 6) is 0.769. The first-order valence-electron chi connectivity index (χ1n) is 2.81. The molecule has 0 saturated heterocycles. The van der Waals surface area contributed by atoms with E-state index >= 15 is 0 Å². The molecule has 1 atom stereocenters. The third kappa shape index (κ3) is 1.31. The Labute approximate surface area is 59.1 Å². The van der Waals surface area contributed by atoms with E-state index in [4.69, 9.17) is 10.0 Å². The molecule has 0 fully saturated rings.